The maximum absolute atomic E-state index is 13.0. The molecule has 27 heavy (non-hydrogen) atoms. The van der Waals surface area contributed by atoms with E-state index in [1.165, 1.54) is 25.7 Å². The van der Waals surface area contributed by atoms with Crippen molar-refractivity contribution in [2.45, 2.75) is 69.5 Å². The summed E-state index contributed by atoms with van der Waals surface area (Å²) in [4.78, 5) is 26.2. The summed E-state index contributed by atoms with van der Waals surface area (Å²) in [6, 6.07) is 8.59. The quantitative estimate of drug-likeness (QED) is 0.726. The van der Waals surface area contributed by atoms with Gasteiger partial charge in [0.1, 0.15) is 0 Å². The number of benzene rings is 1. The van der Waals surface area contributed by atoms with E-state index in [2.05, 4.69) is 11.9 Å². The number of carbonyl (C=O) groups excluding carboxylic acids is 2. The minimum Gasteiger partial charge on any atom is -0.366 e. The van der Waals surface area contributed by atoms with Gasteiger partial charge in [-0.15, -0.1) is 6.58 Å². The first-order chi connectivity index (χ1) is 13.1. The van der Waals surface area contributed by atoms with Crippen molar-refractivity contribution in [2.75, 3.05) is 6.54 Å². The van der Waals surface area contributed by atoms with Crippen LogP contribution in [0.2, 0.25) is 0 Å². The summed E-state index contributed by atoms with van der Waals surface area (Å²) >= 11 is 0. The van der Waals surface area contributed by atoms with Gasteiger partial charge in [-0.1, -0.05) is 31.1 Å². The Morgan fingerprint density at radius 3 is 2.33 bits per heavy atom. The lowest BCUT2D eigenvalue weighted by atomic mass is 9.91. The number of piperidine rings is 1. The van der Waals surface area contributed by atoms with Crippen LogP contribution >= 0.6 is 0 Å². The van der Waals surface area contributed by atoms with Gasteiger partial charge in [0.15, 0.2) is 0 Å². The normalized spacial score (nSPS) is 24.7. The Kier molecular flexibility index (Phi) is 6.67. The summed E-state index contributed by atoms with van der Waals surface area (Å²) in [6.07, 6.45) is 10.1. The fourth-order valence-electron chi connectivity index (χ4n) is 4.48. The maximum atomic E-state index is 13.0. The van der Waals surface area contributed by atoms with E-state index in [1.807, 2.05) is 23.1 Å². The van der Waals surface area contributed by atoms with Crippen LogP contribution in [0.3, 0.4) is 0 Å². The molecule has 5 nitrogen and oxygen atoms in total. The number of fused-ring (bicyclic) bond motifs is 2. The zero-order chi connectivity index (χ0) is 19.2. The van der Waals surface area contributed by atoms with Crippen LogP contribution in [-0.4, -0.2) is 41.4 Å². The lowest BCUT2D eigenvalue weighted by Crippen LogP contribution is -2.53. The second-order valence-corrected chi connectivity index (χ2v) is 7.87. The zero-order valence-electron chi connectivity index (χ0n) is 16.0. The predicted octanol–water partition coefficient (Wildman–Crippen LogP) is 2.80. The number of nitrogens with zero attached hydrogens (tertiary/aromatic N) is 1. The summed E-state index contributed by atoms with van der Waals surface area (Å²) in [5, 5.41) is 3.75. The molecule has 2 saturated heterocycles. The molecule has 2 bridgehead atoms. The molecule has 1 aromatic carbocycles. The Hall–Kier alpha value is -2.14. The smallest absolute Gasteiger partial charge is 0.248 e. The van der Waals surface area contributed by atoms with Crippen LogP contribution in [0.1, 0.15) is 60.9 Å². The van der Waals surface area contributed by atoms with Crippen molar-refractivity contribution in [1.29, 1.82) is 0 Å². The average Bonchev–Trinajstić information content (AvgIpc) is 2.84. The Bertz CT molecular complexity index is 657. The van der Waals surface area contributed by atoms with Crippen molar-refractivity contribution >= 4 is 11.8 Å². The molecule has 0 aliphatic carbocycles. The molecule has 0 saturated carbocycles. The van der Waals surface area contributed by atoms with E-state index < -0.39 is 5.91 Å². The fraction of sp³-hybridized carbons (Fsp3) is 0.545. The first-order valence-corrected chi connectivity index (χ1v) is 10.1. The van der Waals surface area contributed by atoms with Crippen LogP contribution in [0, 0.1) is 0 Å². The van der Waals surface area contributed by atoms with Crippen LogP contribution in [-0.2, 0) is 11.2 Å². The molecule has 0 aromatic heterocycles. The molecule has 0 unspecified atom stereocenters. The van der Waals surface area contributed by atoms with Crippen LogP contribution in [0.25, 0.3) is 0 Å². The van der Waals surface area contributed by atoms with Gasteiger partial charge >= 0.3 is 0 Å². The van der Waals surface area contributed by atoms with Gasteiger partial charge in [0.25, 0.3) is 0 Å². The summed E-state index contributed by atoms with van der Waals surface area (Å²) in [6.45, 7) is 4.47. The number of hydrogen-bond donors (Lipinski definition) is 2. The van der Waals surface area contributed by atoms with Crippen molar-refractivity contribution in [3.8, 4) is 0 Å². The molecule has 2 aliphatic rings. The molecule has 2 amide bonds. The molecule has 2 heterocycles. The number of nitrogens with two attached hydrogens (primary N) is 1. The first kappa shape index (κ1) is 19.6. The minimum absolute atomic E-state index is 0.192. The Labute approximate surface area is 162 Å². The second-order valence-electron chi connectivity index (χ2n) is 7.87. The molecular weight excluding hydrogens is 338 g/mol. The number of amides is 2. The highest BCUT2D eigenvalue weighted by molar-refractivity contribution is 5.92. The largest absolute Gasteiger partial charge is 0.366 e. The highest BCUT2D eigenvalue weighted by Gasteiger charge is 2.34. The lowest BCUT2D eigenvalue weighted by Gasteiger charge is -2.40. The second kappa shape index (κ2) is 9.18. The van der Waals surface area contributed by atoms with E-state index in [4.69, 9.17) is 5.73 Å². The molecule has 0 spiro atoms. The van der Waals surface area contributed by atoms with Gasteiger partial charge in [-0.2, -0.15) is 0 Å². The molecule has 2 aliphatic heterocycles. The molecule has 146 valence electrons. The summed E-state index contributed by atoms with van der Waals surface area (Å²) in [5.41, 5.74) is 6.82. The average molecular weight is 370 g/mol. The number of carbonyl (C=O) groups is 2. The van der Waals surface area contributed by atoms with Crippen LogP contribution in [0.15, 0.2) is 36.9 Å². The molecule has 1 aromatic rings. The molecule has 2 atom stereocenters. The fourth-order valence-corrected chi connectivity index (χ4v) is 4.48. The molecule has 2 fully saturated rings. The van der Waals surface area contributed by atoms with Crippen LogP contribution in [0.4, 0.5) is 0 Å². The van der Waals surface area contributed by atoms with Gasteiger partial charge in [0, 0.05) is 36.7 Å². The molecular formula is C22H31N3O2. The standard InChI is InChI=1S/C22H31N3O2/c1-2-13-25(20-14-18-5-3-4-6-19(15-20)24-18)21(26)12-9-16-7-10-17(11-8-16)22(23)27/h2,7-8,10-11,18-20,24H,1,3-6,9,12-15H2,(H2,23,27)/t18-,19-/m1/s1. The van der Waals surface area contributed by atoms with Gasteiger partial charge in [-0.3, -0.25) is 9.59 Å². The number of primary amides is 1. The van der Waals surface area contributed by atoms with Crippen molar-refractivity contribution in [2.24, 2.45) is 5.73 Å². The van der Waals surface area contributed by atoms with Crippen LogP contribution in [0.5, 0.6) is 0 Å². The van der Waals surface area contributed by atoms with E-state index in [9.17, 15) is 9.59 Å². The summed E-state index contributed by atoms with van der Waals surface area (Å²) in [5.74, 6) is -0.236. The molecule has 0 radical (unpaired) electrons. The van der Waals surface area contributed by atoms with Gasteiger partial charge in [-0.25, -0.2) is 0 Å². The topological polar surface area (TPSA) is 75.4 Å². The molecule has 3 N–H and O–H groups in total. The summed E-state index contributed by atoms with van der Waals surface area (Å²) in [7, 11) is 0. The van der Waals surface area contributed by atoms with Gasteiger partial charge in [-0.05, 0) is 49.8 Å². The monoisotopic (exact) mass is 369 g/mol. The van der Waals surface area contributed by atoms with E-state index in [1.54, 1.807) is 12.1 Å². The number of nitrogens with one attached hydrogen (secondary N) is 1. The molecule has 3 rings (SSSR count). The minimum atomic E-state index is -0.429. The third kappa shape index (κ3) is 5.19. The number of aryl methyl sites for hydroxylation is 1. The highest BCUT2D eigenvalue weighted by Crippen LogP contribution is 2.28. The number of hydrogen-bond acceptors (Lipinski definition) is 3. The van der Waals surface area contributed by atoms with E-state index in [-0.39, 0.29) is 5.91 Å². The molecule has 5 heteroatoms. The van der Waals surface area contributed by atoms with E-state index in [0.717, 1.165) is 18.4 Å². The Morgan fingerprint density at radius 1 is 1.15 bits per heavy atom. The number of rotatable bonds is 7. The van der Waals surface area contributed by atoms with E-state index in [0.29, 0.717) is 43.1 Å². The highest BCUT2D eigenvalue weighted by atomic mass is 16.2. The van der Waals surface area contributed by atoms with Crippen molar-refractivity contribution < 1.29 is 9.59 Å². The van der Waals surface area contributed by atoms with Gasteiger partial charge in [0.05, 0.1) is 0 Å². The predicted molar refractivity (Wildman–Crippen MR) is 107 cm³/mol. The first-order valence-electron chi connectivity index (χ1n) is 10.1. The van der Waals surface area contributed by atoms with Crippen LogP contribution < -0.4 is 11.1 Å². The zero-order valence-corrected chi connectivity index (χ0v) is 16.0. The Morgan fingerprint density at radius 2 is 1.78 bits per heavy atom. The third-order valence-corrected chi connectivity index (χ3v) is 5.89. The maximum Gasteiger partial charge on any atom is 0.248 e. The summed E-state index contributed by atoms with van der Waals surface area (Å²) < 4.78 is 0. The van der Waals surface area contributed by atoms with Crippen molar-refractivity contribution in [3.05, 3.63) is 48.0 Å². The SMILES string of the molecule is C=CCN(C(=O)CCc1ccc(C(N)=O)cc1)C1C[C@H]2CCCC[C@H](C1)N2. The third-order valence-electron chi connectivity index (χ3n) is 5.89. The van der Waals surface area contributed by atoms with Gasteiger partial charge in [0.2, 0.25) is 11.8 Å². The lowest BCUT2D eigenvalue weighted by molar-refractivity contribution is -0.133. The van der Waals surface area contributed by atoms with E-state index >= 15 is 0 Å². The van der Waals surface area contributed by atoms with Crippen molar-refractivity contribution in [3.63, 3.8) is 0 Å². The van der Waals surface area contributed by atoms with Gasteiger partial charge < -0.3 is 16.0 Å². The van der Waals surface area contributed by atoms with Crippen molar-refractivity contribution in [1.82, 2.24) is 10.2 Å². The Balaban J connectivity index is 1.61.